The van der Waals surface area contributed by atoms with Gasteiger partial charge in [-0.1, -0.05) is 6.07 Å². The van der Waals surface area contributed by atoms with E-state index in [1.165, 1.54) is 6.07 Å². The van der Waals surface area contributed by atoms with Gasteiger partial charge in [0.25, 0.3) is 0 Å². The van der Waals surface area contributed by atoms with Crippen LogP contribution in [0.4, 0.5) is 18.9 Å². The van der Waals surface area contributed by atoms with Gasteiger partial charge in [-0.15, -0.1) is 0 Å². The van der Waals surface area contributed by atoms with Crippen molar-refractivity contribution in [3.8, 4) is 0 Å². The molecule has 0 aliphatic carbocycles. The topological polar surface area (TPSA) is 28.1 Å². The maximum Gasteiger partial charge on any atom is 0.416 e. The van der Waals surface area contributed by atoms with Gasteiger partial charge in [-0.3, -0.25) is 0 Å². The molecule has 0 aromatic heterocycles. The third-order valence-corrected chi connectivity index (χ3v) is 1.64. The van der Waals surface area contributed by atoms with Crippen LogP contribution >= 0.6 is 0 Å². The summed E-state index contributed by atoms with van der Waals surface area (Å²) in [6, 6.07) is 3.01. The van der Waals surface area contributed by atoms with E-state index in [9.17, 15) is 13.2 Å². The molecule has 0 spiro atoms. The number of diazo groups is 1. The van der Waals surface area contributed by atoms with Crippen LogP contribution in [0.25, 0.3) is 4.98 Å². The zero-order valence-corrected chi connectivity index (χ0v) is 6.76. The van der Waals surface area contributed by atoms with E-state index in [-0.39, 0.29) is 5.69 Å². The molecule has 0 saturated carbocycles. The number of benzene rings is 1. The largest absolute Gasteiger partial charge is 0.416 e. The molecule has 0 fully saturated rings. The molecule has 0 aliphatic rings. The Bertz CT molecular complexity index is 363. The molecule has 0 amide bonds. The minimum absolute atomic E-state index is 0.0603. The predicted molar refractivity (Wildman–Crippen MR) is 40.9 cm³/mol. The van der Waals surface area contributed by atoms with Gasteiger partial charge in [-0.05, 0) is 13.0 Å². The molecule has 0 saturated heterocycles. The quantitative estimate of drug-likeness (QED) is 0.571. The number of hydrogen-bond donors (Lipinski definition) is 0. The normalized spacial score (nSPS) is 11.0. The van der Waals surface area contributed by atoms with E-state index >= 15 is 0 Å². The summed E-state index contributed by atoms with van der Waals surface area (Å²) in [5, 5.41) is 8.37. The first kappa shape index (κ1) is 9.52. The number of aryl methyl sites for hydroxylation is 1. The maximum absolute atomic E-state index is 12.1. The van der Waals surface area contributed by atoms with Crippen molar-refractivity contribution in [2.24, 2.45) is 0 Å². The second-order valence-corrected chi connectivity index (χ2v) is 2.60. The number of halogens is 3. The van der Waals surface area contributed by atoms with Crippen molar-refractivity contribution in [2.75, 3.05) is 0 Å². The summed E-state index contributed by atoms with van der Waals surface area (Å²) in [6.45, 7) is 1.56. The third-order valence-electron chi connectivity index (χ3n) is 1.64. The Balaban J connectivity index is 3.24. The first-order valence-electron chi connectivity index (χ1n) is 3.48. The maximum atomic E-state index is 12.1. The van der Waals surface area contributed by atoms with Crippen molar-refractivity contribution in [3.05, 3.63) is 34.3 Å². The standard InChI is InChI=1S/C8H6F3N2/c1-5-2-3-6(8(9,10)11)4-7(5)13-12/h2-4H,1H3/q+1. The van der Waals surface area contributed by atoms with Crippen molar-refractivity contribution in [2.45, 2.75) is 13.1 Å². The molecule has 0 atom stereocenters. The first-order chi connectivity index (χ1) is 5.95. The molecule has 5 heteroatoms. The van der Waals surface area contributed by atoms with Crippen LogP contribution in [-0.2, 0) is 6.18 Å². The fourth-order valence-electron chi connectivity index (χ4n) is 0.893. The van der Waals surface area contributed by atoms with Crippen LogP contribution in [0.5, 0.6) is 0 Å². The van der Waals surface area contributed by atoms with E-state index in [0.717, 1.165) is 12.1 Å². The highest BCUT2D eigenvalue weighted by atomic mass is 19.4. The Morgan fingerprint density at radius 1 is 1.31 bits per heavy atom. The van der Waals surface area contributed by atoms with Crippen molar-refractivity contribution in [3.63, 3.8) is 0 Å². The van der Waals surface area contributed by atoms with Gasteiger partial charge in [0.2, 0.25) is 5.39 Å². The molecular formula is C8H6F3N2+. The summed E-state index contributed by atoms with van der Waals surface area (Å²) >= 11 is 0. The Hall–Kier alpha value is -1.57. The smallest absolute Gasteiger partial charge is 0.166 e. The predicted octanol–water partition coefficient (Wildman–Crippen LogP) is 3.50. The van der Waals surface area contributed by atoms with Gasteiger partial charge in [0.05, 0.1) is 5.56 Å². The molecule has 0 aliphatic heterocycles. The first-order valence-corrected chi connectivity index (χ1v) is 3.48. The van der Waals surface area contributed by atoms with Gasteiger partial charge in [0.1, 0.15) is 0 Å². The lowest BCUT2D eigenvalue weighted by Gasteiger charge is -2.04. The van der Waals surface area contributed by atoms with Gasteiger partial charge < -0.3 is 0 Å². The monoisotopic (exact) mass is 187 g/mol. The van der Waals surface area contributed by atoms with Gasteiger partial charge in [0.15, 0.2) is 4.98 Å². The molecule has 13 heavy (non-hydrogen) atoms. The van der Waals surface area contributed by atoms with Crippen LogP contribution < -0.4 is 0 Å². The number of hydrogen-bond acceptors (Lipinski definition) is 1. The minimum Gasteiger partial charge on any atom is -0.166 e. The summed E-state index contributed by atoms with van der Waals surface area (Å²) in [4.78, 5) is 2.74. The summed E-state index contributed by atoms with van der Waals surface area (Å²) < 4.78 is 36.3. The van der Waals surface area contributed by atoms with Crippen molar-refractivity contribution in [1.29, 1.82) is 5.39 Å². The fourth-order valence-corrected chi connectivity index (χ4v) is 0.893. The van der Waals surface area contributed by atoms with Crippen LogP contribution in [-0.4, -0.2) is 0 Å². The Morgan fingerprint density at radius 3 is 2.38 bits per heavy atom. The zero-order chi connectivity index (χ0) is 10.1. The molecular weight excluding hydrogens is 181 g/mol. The third kappa shape index (κ3) is 1.96. The lowest BCUT2D eigenvalue weighted by atomic mass is 10.1. The molecule has 0 bridgehead atoms. The second kappa shape index (κ2) is 3.05. The summed E-state index contributed by atoms with van der Waals surface area (Å²) in [5.74, 6) is 0. The van der Waals surface area contributed by atoms with Crippen molar-refractivity contribution >= 4 is 5.69 Å². The lowest BCUT2D eigenvalue weighted by Crippen LogP contribution is -2.04. The molecule has 0 heterocycles. The van der Waals surface area contributed by atoms with Gasteiger partial charge in [-0.25, -0.2) is 0 Å². The average molecular weight is 187 g/mol. The summed E-state index contributed by atoms with van der Waals surface area (Å²) in [6.07, 6.45) is -4.40. The van der Waals surface area contributed by atoms with Gasteiger partial charge in [0, 0.05) is 11.6 Å². The van der Waals surface area contributed by atoms with Crippen LogP contribution in [0.1, 0.15) is 11.1 Å². The number of rotatable bonds is 0. The lowest BCUT2D eigenvalue weighted by molar-refractivity contribution is -0.137. The van der Waals surface area contributed by atoms with Crippen LogP contribution in [0, 0.1) is 12.3 Å². The van der Waals surface area contributed by atoms with E-state index in [1.54, 1.807) is 6.92 Å². The van der Waals surface area contributed by atoms with Crippen LogP contribution in [0.2, 0.25) is 0 Å². The van der Waals surface area contributed by atoms with Crippen LogP contribution in [0.15, 0.2) is 18.2 Å². The highest BCUT2D eigenvalue weighted by Gasteiger charge is 2.32. The molecule has 68 valence electrons. The van der Waals surface area contributed by atoms with E-state index in [2.05, 4.69) is 4.98 Å². The van der Waals surface area contributed by atoms with Crippen molar-refractivity contribution < 1.29 is 13.2 Å². The Kier molecular flexibility index (Phi) is 2.24. The van der Waals surface area contributed by atoms with E-state index in [1.807, 2.05) is 0 Å². The zero-order valence-electron chi connectivity index (χ0n) is 6.76. The van der Waals surface area contributed by atoms with Crippen LogP contribution in [0.3, 0.4) is 0 Å². The number of nitrogens with zero attached hydrogens (tertiary/aromatic N) is 2. The highest BCUT2D eigenvalue weighted by molar-refractivity contribution is 5.53. The van der Waals surface area contributed by atoms with Gasteiger partial charge in [-0.2, -0.15) is 13.2 Å². The average Bonchev–Trinajstić information content (AvgIpc) is 2.03. The summed E-state index contributed by atoms with van der Waals surface area (Å²) in [5.41, 5.74) is -0.378. The highest BCUT2D eigenvalue weighted by Crippen LogP contribution is 2.32. The molecule has 1 aromatic carbocycles. The van der Waals surface area contributed by atoms with E-state index in [0.29, 0.717) is 5.56 Å². The SMILES string of the molecule is Cc1ccc(C(F)(F)F)cc1[N+]#N. The van der Waals surface area contributed by atoms with E-state index < -0.39 is 11.7 Å². The molecule has 1 rings (SSSR count). The fraction of sp³-hybridized carbons (Fsp3) is 0.250. The molecule has 0 N–H and O–H groups in total. The van der Waals surface area contributed by atoms with Crippen molar-refractivity contribution in [1.82, 2.24) is 0 Å². The molecule has 2 nitrogen and oxygen atoms in total. The Labute approximate surface area is 72.6 Å². The van der Waals surface area contributed by atoms with Gasteiger partial charge >= 0.3 is 11.9 Å². The minimum atomic E-state index is -4.40. The molecule has 1 aromatic rings. The van der Waals surface area contributed by atoms with E-state index in [4.69, 9.17) is 5.39 Å². The Morgan fingerprint density at radius 2 is 1.92 bits per heavy atom. The second-order valence-electron chi connectivity index (χ2n) is 2.60. The summed E-state index contributed by atoms with van der Waals surface area (Å²) in [7, 11) is 0. The number of alkyl halides is 3. The molecule has 0 radical (unpaired) electrons. The molecule has 0 unspecified atom stereocenters.